The first-order valence-corrected chi connectivity index (χ1v) is 14.9. The Hall–Kier alpha value is -2.84. The Kier molecular flexibility index (Phi) is 12.3. The van der Waals surface area contributed by atoms with Gasteiger partial charge in [-0.2, -0.15) is 4.31 Å². The maximum absolute atomic E-state index is 15.0. The van der Waals surface area contributed by atoms with Gasteiger partial charge in [-0.1, -0.05) is 11.6 Å². The topological polar surface area (TPSA) is 119 Å². The van der Waals surface area contributed by atoms with Gasteiger partial charge in [0.1, 0.15) is 11.9 Å². The smallest absolute Gasteiger partial charge is 0.290 e. The first-order chi connectivity index (χ1) is 18.7. The number of carbonyl (C=O) groups is 3. The Morgan fingerprint density at radius 1 is 1.20 bits per heavy atom. The summed E-state index contributed by atoms with van der Waals surface area (Å²) in [4.78, 5) is 39.2. The largest absolute Gasteiger partial charge is 0.483 e. The minimum Gasteiger partial charge on any atom is -0.483 e. The van der Waals surface area contributed by atoms with Gasteiger partial charge in [0.2, 0.25) is 15.9 Å². The van der Waals surface area contributed by atoms with Gasteiger partial charge in [0.05, 0.1) is 15.4 Å². The van der Waals surface area contributed by atoms with Gasteiger partial charge in [0.15, 0.2) is 0 Å². The van der Waals surface area contributed by atoms with E-state index < -0.39 is 27.8 Å². The molecule has 3 rings (SSSR count). The number of hydrogen-bond donors (Lipinski definition) is 1. The fourth-order valence-corrected chi connectivity index (χ4v) is 6.90. The molecule has 1 atom stereocenters. The zero-order chi connectivity index (χ0) is 30.2. The van der Waals surface area contributed by atoms with E-state index in [-0.39, 0.29) is 43.1 Å². The molecule has 10 nitrogen and oxygen atoms in total. The van der Waals surface area contributed by atoms with E-state index in [1.165, 1.54) is 43.0 Å². The highest BCUT2D eigenvalue weighted by Crippen LogP contribution is 2.32. The minimum atomic E-state index is -3.99. The summed E-state index contributed by atoms with van der Waals surface area (Å²) in [5.74, 6) is -1.57. The van der Waals surface area contributed by atoms with Crippen LogP contribution in [0.1, 0.15) is 35.0 Å². The monoisotopic (exact) mass is 616 g/mol. The highest BCUT2D eigenvalue weighted by molar-refractivity contribution is 7.92. The van der Waals surface area contributed by atoms with Crippen LogP contribution in [0.3, 0.4) is 0 Å². The summed E-state index contributed by atoms with van der Waals surface area (Å²) in [5, 5.41) is 8.06. The fraction of sp³-hybridized carbons (Fsp3) is 0.423. The maximum atomic E-state index is 15.0. The van der Waals surface area contributed by atoms with Crippen molar-refractivity contribution in [1.29, 1.82) is 0 Å². The molecule has 0 radical (unpaired) electrons. The van der Waals surface area contributed by atoms with E-state index in [1.807, 2.05) is 19.0 Å². The van der Waals surface area contributed by atoms with Crippen molar-refractivity contribution in [2.45, 2.75) is 25.8 Å². The second kappa shape index (κ2) is 14.7. The molecule has 0 unspecified atom stereocenters. The summed E-state index contributed by atoms with van der Waals surface area (Å²) >= 11 is 7.28. The van der Waals surface area contributed by atoms with Gasteiger partial charge in [0.25, 0.3) is 12.4 Å². The lowest BCUT2D eigenvalue weighted by Gasteiger charge is -2.27. The summed E-state index contributed by atoms with van der Waals surface area (Å²) in [6.45, 7) is 2.37. The van der Waals surface area contributed by atoms with Crippen molar-refractivity contribution in [2.75, 3.05) is 52.7 Å². The van der Waals surface area contributed by atoms with Crippen molar-refractivity contribution in [3.63, 3.8) is 0 Å². The Morgan fingerprint density at radius 3 is 2.38 bits per heavy atom. The average Bonchev–Trinajstić information content (AvgIpc) is 3.47. The lowest BCUT2D eigenvalue weighted by Crippen LogP contribution is -2.45. The molecule has 1 saturated heterocycles. The van der Waals surface area contributed by atoms with Gasteiger partial charge in [-0.25, -0.2) is 12.8 Å². The van der Waals surface area contributed by atoms with Gasteiger partial charge in [-0.15, -0.1) is 11.3 Å². The van der Waals surface area contributed by atoms with Crippen LogP contribution in [0, 0.1) is 5.82 Å². The van der Waals surface area contributed by atoms with Gasteiger partial charge in [-0.05, 0) is 76.3 Å². The molecule has 0 bridgehead atoms. The van der Waals surface area contributed by atoms with Crippen molar-refractivity contribution in [1.82, 2.24) is 14.1 Å². The molecule has 1 N–H and O–H groups in total. The third-order valence-corrected chi connectivity index (χ3v) is 9.12. The normalized spacial score (nSPS) is 15.8. The number of nitrogens with zero attached hydrogens (tertiary/aromatic N) is 4. The van der Waals surface area contributed by atoms with Gasteiger partial charge in [-0.3, -0.25) is 14.4 Å². The number of amides is 2. The molecule has 0 saturated carbocycles. The molecular weight excluding hydrogens is 583 g/mol. The summed E-state index contributed by atoms with van der Waals surface area (Å²) in [6.07, 6.45) is 0.735. The van der Waals surface area contributed by atoms with Crippen LogP contribution in [0.2, 0.25) is 4.34 Å². The summed E-state index contributed by atoms with van der Waals surface area (Å²) in [6, 6.07) is 6.44. The Bertz CT molecular complexity index is 1350. The molecule has 2 aromatic rings. The average molecular weight is 617 g/mol. The maximum Gasteiger partial charge on any atom is 0.290 e. The van der Waals surface area contributed by atoms with E-state index in [0.29, 0.717) is 22.9 Å². The zero-order valence-corrected chi connectivity index (χ0v) is 25.4. The number of benzene rings is 1. The van der Waals surface area contributed by atoms with Gasteiger partial charge in [0, 0.05) is 37.6 Å². The molecule has 0 spiro atoms. The standard InChI is InChI=1S/C25H32ClFN4O4S2.CH2O2/c1-17(22-9-10-23(26)36-22)16-37(34,35)31(13-6-12-28(2)3)21-11-14-30(25(21)33)20-8-7-18(15-19(20)27)24(32)29(4)5;2-1-3/h7-10,15-16,21H,6,11-14H2,1-5H3;1H,(H,2,3)/t21-;/m0./s1. The number of hydrogen-bond acceptors (Lipinski definition) is 7. The molecule has 1 aromatic carbocycles. The van der Waals surface area contributed by atoms with Crippen molar-refractivity contribution >= 4 is 62.5 Å². The van der Waals surface area contributed by atoms with Crippen molar-refractivity contribution in [2.24, 2.45) is 0 Å². The van der Waals surface area contributed by atoms with E-state index in [9.17, 15) is 22.4 Å². The van der Waals surface area contributed by atoms with Crippen LogP contribution < -0.4 is 4.90 Å². The molecule has 2 amide bonds. The quantitative estimate of drug-likeness (QED) is 0.405. The summed E-state index contributed by atoms with van der Waals surface area (Å²) in [5.41, 5.74) is 0.703. The molecule has 0 aliphatic carbocycles. The first kappa shape index (κ1) is 33.4. The summed E-state index contributed by atoms with van der Waals surface area (Å²) < 4.78 is 43.8. The third kappa shape index (κ3) is 8.58. The number of sulfonamides is 1. The Morgan fingerprint density at radius 2 is 1.85 bits per heavy atom. The van der Waals surface area contributed by atoms with Crippen LogP contribution in [0.4, 0.5) is 10.1 Å². The first-order valence-electron chi connectivity index (χ1n) is 12.2. The lowest BCUT2D eigenvalue weighted by atomic mass is 10.1. The molecule has 1 aliphatic rings. The van der Waals surface area contributed by atoms with Crippen LogP contribution in [-0.4, -0.2) is 99.8 Å². The molecule has 1 fully saturated rings. The minimum absolute atomic E-state index is 0.0217. The number of carboxylic acid groups (broad SMARTS) is 1. The molecule has 14 heteroatoms. The highest BCUT2D eigenvalue weighted by atomic mass is 35.5. The Balaban J connectivity index is 0.00000178. The third-order valence-electron chi connectivity index (χ3n) is 6.01. The van der Waals surface area contributed by atoms with Gasteiger partial charge >= 0.3 is 0 Å². The second-order valence-corrected chi connectivity index (χ2v) is 12.9. The molecule has 220 valence electrons. The molecule has 2 heterocycles. The number of anilines is 1. The fourth-order valence-electron chi connectivity index (χ4n) is 4.17. The van der Waals surface area contributed by atoms with Crippen LogP contribution in [0.5, 0.6) is 0 Å². The van der Waals surface area contributed by atoms with E-state index in [2.05, 4.69) is 0 Å². The number of halogens is 2. The van der Waals surface area contributed by atoms with E-state index >= 15 is 0 Å². The predicted molar refractivity (Wildman–Crippen MR) is 156 cm³/mol. The lowest BCUT2D eigenvalue weighted by molar-refractivity contribution is -0.123. The van der Waals surface area contributed by atoms with Crippen LogP contribution in [0.25, 0.3) is 5.57 Å². The SMILES string of the molecule is CC(=CS(=O)(=O)N(CCCN(C)C)[C@H]1CCN(c2ccc(C(=O)N(C)C)cc2F)C1=O)c1ccc(Cl)s1.O=CO. The molecular formula is C26H34ClFN4O6S2. The number of thiophene rings is 1. The van der Waals surface area contributed by atoms with Crippen molar-refractivity contribution < 1.29 is 32.3 Å². The number of carbonyl (C=O) groups excluding carboxylic acids is 2. The molecule has 1 aromatic heterocycles. The summed E-state index contributed by atoms with van der Waals surface area (Å²) in [7, 11) is 2.92. The molecule has 40 heavy (non-hydrogen) atoms. The Labute approximate surface area is 243 Å². The molecule has 1 aliphatic heterocycles. The van der Waals surface area contributed by atoms with Gasteiger partial charge < -0.3 is 19.8 Å². The predicted octanol–water partition coefficient (Wildman–Crippen LogP) is 3.69. The van der Waals surface area contributed by atoms with E-state index in [0.717, 1.165) is 10.9 Å². The van der Waals surface area contributed by atoms with Crippen LogP contribution >= 0.6 is 22.9 Å². The number of rotatable bonds is 10. The highest BCUT2D eigenvalue weighted by Gasteiger charge is 2.42. The van der Waals surface area contributed by atoms with Crippen molar-refractivity contribution in [3.05, 3.63) is 56.3 Å². The van der Waals surface area contributed by atoms with Crippen LogP contribution in [-0.2, 0) is 19.6 Å². The second-order valence-electron chi connectivity index (χ2n) is 9.48. The zero-order valence-electron chi connectivity index (χ0n) is 23.0. The van der Waals surface area contributed by atoms with Crippen molar-refractivity contribution in [3.8, 4) is 0 Å². The van der Waals surface area contributed by atoms with Crippen LogP contribution in [0.15, 0.2) is 35.7 Å². The van der Waals surface area contributed by atoms with E-state index in [1.54, 1.807) is 33.2 Å². The van der Waals surface area contributed by atoms with E-state index in [4.69, 9.17) is 21.5 Å². The number of allylic oxidation sites excluding steroid dienone is 1.